The van der Waals surface area contributed by atoms with E-state index in [9.17, 15) is 28.4 Å². The zero-order chi connectivity index (χ0) is 15.8. The van der Waals surface area contributed by atoms with Crippen LogP contribution in [0.2, 0.25) is 0 Å². The molecule has 9 heteroatoms. The molecule has 1 fully saturated rings. The van der Waals surface area contributed by atoms with Crippen LogP contribution >= 0.6 is 0 Å². The van der Waals surface area contributed by atoms with Gasteiger partial charge in [-0.15, -0.1) is 0 Å². The highest BCUT2D eigenvalue weighted by molar-refractivity contribution is 7.91. The molecule has 1 saturated heterocycles. The summed E-state index contributed by atoms with van der Waals surface area (Å²) in [5.74, 6) is -1.42. The molecule has 8 nitrogen and oxygen atoms in total. The molecule has 1 aliphatic rings. The Hall–Kier alpha value is -2.16. The first-order valence-corrected chi connectivity index (χ1v) is 7.99. The molecular formula is C12H14N2O6S. The number of hydrogen-bond acceptors (Lipinski definition) is 6. The summed E-state index contributed by atoms with van der Waals surface area (Å²) < 4.78 is 23.1. The van der Waals surface area contributed by atoms with Gasteiger partial charge in [0.2, 0.25) is 0 Å². The van der Waals surface area contributed by atoms with E-state index in [4.69, 9.17) is 0 Å². The molecule has 21 heavy (non-hydrogen) atoms. The third-order valence-electron chi connectivity index (χ3n) is 3.55. The zero-order valence-electron chi connectivity index (χ0n) is 11.2. The highest BCUT2D eigenvalue weighted by Crippen LogP contribution is 2.34. The summed E-state index contributed by atoms with van der Waals surface area (Å²) in [5.41, 5.74) is -0.616. The average molecular weight is 314 g/mol. The highest BCUT2D eigenvalue weighted by atomic mass is 32.2. The summed E-state index contributed by atoms with van der Waals surface area (Å²) in [5, 5.41) is 20.3. The van der Waals surface area contributed by atoms with E-state index in [2.05, 4.69) is 0 Å². The number of rotatable bonds is 4. The van der Waals surface area contributed by atoms with Crippen LogP contribution in [0.4, 0.5) is 11.4 Å². The second-order valence-electron chi connectivity index (χ2n) is 4.90. The van der Waals surface area contributed by atoms with Crippen molar-refractivity contribution in [3.63, 3.8) is 0 Å². The minimum Gasteiger partial charge on any atom is -0.478 e. The molecule has 0 amide bonds. The maximum atomic E-state index is 11.5. The van der Waals surface area contributed by atoms with Crippen LogP contribution in [0.3, 0.4) is 0 Å². The molecule has 0 aliphatic carbocycles. The van der Waals surface area contributed by atoms with E-state index in [1.165, 1.54) is 30.1 Å². The van der Waals surface area contributed by atoms with Crippen LogP contribution in [-0.4, -0.2) is 49.0 Å². The molecule has 1 aliphatic heterocycles. The van der Waals surface area contributed by atoms with Gasteiger partial charge in [-0.25, -0.2) is 13.2 Å². The minimum atomic E-state index is -3.17. The molecule has 2 rings (SSSR count). The molecule has 114 valence electrons. The van der Waals surface area contributed by atoms with Crippen molar-refractivity contribution in [2.24, 2.45) is 0 Å². The van der Waals surface area contributed by atoms with Crippen molar-refractivity contribution < 1.29 is 23.2 Å². The summed E-state index contributed by atoms with van der Waals surface area (Å²) in [7, 11) is -1.69. The number of hydrogen-bond donors (Lipinski definition) is 1. The predicted octanol–water partition coefficient (Wildman–Crippen LogP) is 0.916. The van der Waals surface area contributed by atoms with Crippen molar-refractivity contribution >= 4 is 27.2 Å². The predicted molar refractivity (Wildman–Crippen MR) is 75.5 cm³/mol. The molecule has 0 radical (unpaired) electrons. The van der Waals surface area contributed by atoms with Crippen molar-refractivity contribution in [3.8, 4) is 0 Å². The van der Waals surface area contributed by atoms with Crippen LogP contribution in [0, 0.1) is 10.1 Å². The van der Waals surface area contributed by atoms with E-state index in [1.54, 1.807) is 0 Å². The van der Waals surface area contributed by atoms with Crippen molar-refractivity contribution in [1.82, 2.24) is 0 Å². The Labute approximate surface area is 121 Å². The van der Waals surface area contributed by atoms with Crippen LogP contribution in [0.15, 0.2) is 18.2 Å². The van der Waals surface area contributed by atoms with Crippen LogP contribution in [0.5, 0.6) is 0 Å². The Kier molecular flexibility index (Phi) is 3.86. The fourth-order valence-corrected chi connectivity index (χ4v) is 4.26. The van der Waals surface area contributed by atoms with E-state index in [-0.39, 0.29) is 28.4 Å². The van der Waals surface area contributed by atoms with Crippen molar-refractivity contribution in [3.05, 3.63) is 33.9 Å². The van der Waals surface area contributed by atoms with Gasteiger partial charge >= 0.3 is 5.97 Å². The first-order chi connectivity index (χ1) is 9.73. The molecule has 0 aromatic heterocycles. The Bertz CT molecular complexity index is 667. The lowest BCUT2D eigenvalue weighted by Gasteiger charge is -2.26. The van der Waals surface area contributed by atoms with Gasteiger partial charge in [-0.1, -0.05) is 6.07 Å². The summed E-state index contributed by atoms with van der Waals surface area (Å²) in [6, 6.07) is 3.31. The third-order valence-corrected chi connectivity index (χ3v) is 5.30. The number of aromatic carboxylic acids is 1. The lowest BCUT2D eigenvalue weighted by atomic mass is 10.1. The molecule has 1 aromatic carbocycles. The summed E-state index contributed by atoms with van der Waals surface area (Å²) >= 11 is 0. The van der Waals surface area contributed by atoms with E-state index in [0.29, 0.717) is 6.42 Å². The topological polar surface area (TPSA) is 118 Å². The Morgan fingerprint density at radius 3 is 2.62 bits per heavy atom. The number of nitro benzene ring substituents is 1. The number of anilines is 1. The molecule has 1 N–H and O–H groups in total. The van der Waals surface area contributed by atoms with Gasteiger partial charge in [-0.05, 0) is 12.5 Å². The minimum absolute atomic E-state index is 0.00500. The Balaban J connectivity index is 2.51. The van der Waals surface area contributed by atoms with E-state index in [0.717, 1.165) is 0 Å². The van der Waals surface area contributed by atoms with Gasteiger partial charge in [0.25, 0.3) is 5.69 Å². The summed E-state index contributed by atoms with van der Waals surface area (Å²) in [4.78, 5) is 23.1. The van der Waals surface area contributed by atoms with Gasteiger partial charge in [0, 0.05) is 19.2 Å². The van der Waals surface area contributed by atoms with Gasteiger partial charge in [-0.2, -0.15) is 0 Å². The third kappa shape index (κ3) is 2.97. The molecule has 0 bridgehead atoms. The molecule has 1 heterocycles. The SMILES string of the molecule is CN(c1c(C(=O)O)cccc1[N+](=O)[O-])C1CCS(=O)(=O)C1. The van der Waals surface area contributed by atoms with Crippen LogP contribution < -0.4 is 4.90 Å². The number of nitro groups is 1. The second kappa shape index (κ2) is 5.32. The summed E-state index contributed by atoms with van der Waals surface area (Å²) in [6.45, 7) is 0. The first-order valence-electron chi connectivity index (χ1n) is 6.17. The second-order valence-corrected chi connectivity index (χ2v) is 7.13. The molecule has 1 unspecified atom stereocenters. The maximum Gasteiger partial charge on any atom is 0.338 e. The molecule has 1 aromatic rings. The number of carboxylic acids is 1. The molecule has 1 atom stereocenters. The monoisotopic (exact) mass is 314 g/mol. The Morgan fingerprint density at radius 2 is 2.14 bits per heavy atom. The number of carbonyl (C=O) groups is 1. The largest absolute Gasteiger partial charge is 0.478 e. The van der Waals surface area contributed by atoms with Crippen LogP contribution in [0.25, 0.3) is 0 Å². The van der Waals surface area contributed by atoms with E-state index >= 15 is 0 Å². The number of carboxylic acid groups (broad SMARTS) is 1. The zero-order valence-corrected chi connectivity index (χ0v) is 12.0. The smallest absolute Gasteiger partial charge is 0.338 e. The van der Waals surface area contributed by atoms with Crippen molar-refractivity contribution in [2.75, 3.05) is 23.5 Å². The van der Waals surface area contributed by atoms with Gasteiger partial charge in [-0.3, -0.25) is 10.1 Å². The van der Waals surface area contributed by atoms with Gasteiger partial charge in [0.05, 0.1) is 22.0 Å². The Morgan fingerprint density at radius 1 is 1.48 bits per heavy atom. The molecule has 0 spiro atoms. The summed E-state index contributed by atoms with van der Waals surface area (Å²) in [6.07, 6.45) is 0.323. The number of benzene rings is 1. The van der Waals surface area contributed by atoms with Crippen molar-refractivity contribution in [1.29, 1.82) is 0 Å². The van der Waals surface area contributed by atoms with Crippen molar-refractivity contribution in [2.45, 2.75) is 12.5 Å². The average Bonchev–Trinajstić information content (AvgIpc) is 2.77. The molecule has 0 saturated carbocycles. The standard InChI is InChI=1S/C12H14N2O6S/c1-13(8-5-6-21(19,20)7-8)11-9(12(15)16)3-2-4-10(11)14(17)18/h2-4,8H,5-7H2,1H3,(H,15,16). The number of sulfone groups is 1. The van der Waals surface area contributed by atoms with Gasteiger partial charge in [0.15, 0.2) is 9.84 Å². The van der Waals surface area contributed by atoms with E-state index < -0.39 is 26.8 Å². The van der Waals surface area contributed by atoms with Crippen LogP contribution in [0.1, 0.15) is 16.8 Å². The fraction of sp³-hybridized carbons (Fsp3) is 0.417. The van der Waals surface area contributed by atoms with Crippen LogP contribution in [-0.2, 0) is 9.84 Å². The number of para-hydroxylation sites is 1. The van der Waals surface area contributed by atoms with Gasteiger partial charge < -0.3 is 10.0 Å². The molecular weight excluding hydrogens is 300 g/mol. The lowest BCUT2D eigenvalue weighted by molar-refractivity contribution is -0.384. The number of nitrogens with zero attached hydrogens (tertiary/aromatic N) is 2. The van der Waals surface area contributed by atoms with E-state index in [1.807, 2.05) is 0 Å². The fourth-order valence-electron chi connectivity index (χ4n) is 2.49. The maximum absolute atomic E-state index is 11.5. The first kappa shape index (κ1) is 15.2. The quantitative estimate of drug-likeness (QED) is 0.648. The normalized spacial score (nSPS) is 20.1. The van der Waals surface area contributed by atoms with Gasteiger partial charge in [0.1, 0.15) is 5.69 Å². The lowest BCUT2D eigenvalue weighted by Crippen LogP contribution is -2.34. The highest BCUT2D eigenvalue weighted by Gasteiger charge is 2.35.